The van der Waals surface area contributed by atoms with Crippen LogP contribution < -0.4 is 11.1 Å². The number of halogens is 1. The monoisotopic (exact) mass is 247 g/mol. The zero-order valence-corrected chi connectivity index (χ0v) is 9.61. The predicted octanol–water partition coefficient (Wildman–Crippen LogP) is 2.57. The first-order valence-electron chi connectivity index (χ1n) is 4.94. The van der Waals surface area contributed by atoms with E-state index in [-0.39, 0.29) is 5.91 Å². The summed E-state index contributed by atoms with van der Waals surface area (Å²) in [4.78, 5) is 15.8. The number of pyridine rings is 1. The maximum absolute atomic E-state index is 11.9. The predicted molar refractivity (Wildman–Crippen MR) is 68.1 cm³/mol. The summed E-state index contributed by atoms with van der Waals surface area (Å²) in [6.07, 6.45) is 2.95. The van der Waals surface area contributed by atoms with Crippen LogP contribution in [0, 0.1) is 0 Å². The fraction of sp³-hybridized carbons (Fsp3) is 0. The largest absolute Gasteiger partial charge is 0.398 e. The summed E-state index contributed by atoms with van der Waals surface area (Å²) in [7, 11) is 0. The molecule has 3 N–H and O–H groups in total. The first-order chi connectivity index (χ1) is 8.18. The van der Waals surface area contributed by atoms with E-state index < -0.39 is 0 Å². The van der Waals surface area contributed by atoms with Crippen LogP contribution in [0.1, 0.15) is 10.4 Å². The molecule has 0 fully saturated rings. The summed E-state index contributed by atoms with van der Waals surface area (Å²) < 4.78 is 0. The van der Waals surface area contributed by atoms with Crippen LogP contribution in [0.2, 0.25) is 5.02 Å². The summed E-state index contributed by atoms with van der Waals surface area (Å²) in [6, 6.07) is 8.56. The molecule has 5 heteroatoms. The molecule has 17 heavy (non-hydrogen) atoms. The second-order valence-corrected chi connectivity index (χ2v) is 3.80. The number of nitrogens with zero attached hydrogens (tertiary/aromatic N) is 1. The van der Waals surface area contributed by atoms with Gasteiger partial charge >= 0.3 is 0 Å². The summed E-state index contributed by atoms with van der Waals surface area (Å²) in [5.41, 5.74) is 6.93. The van der Waals surface area contributed by atoms with Crippen LogP contribution in [0.4, 0.5) is 11.4 Å². The quantitative estimate of drug-likeness (QED) is 0.857. The fourth-order valence-corrected chi connectivity index (χ4v) is 1.53. The van der Waals surface area contributed by atoms with Gasteiger partial charge in [-0.25, -0.2) is 0 Å². The van der Waals surface area contributed by atoms with Crippen LogP contribution in [-0.4, -0.2) is 10.9 Å². The van der Waals surface area contributed by atoms with Gasteiger partial charge in [-0.05, 0) is 18.2 Å². The van der Waals surface area contributed by atoms with E-state index in [1.165, 1.54) is 12.4 Å². The van der Waals surface area contributed by atoms with Crippen LogP contribution in [0.25, 0.3) is 0 Å². The minimum absolute atomic E-state index is 0.326. The number of aromatic nitrogens is 1. The molecule has 2 rings (SSSR count). The van der Waals surface area contributed by atoms with Crippen molar-refractivity contribution in [1.29, 1.82) is 0 Å². The number of amides is 1. The van der Waals surface area contributed by atoms with Gasteiger partial charge in [-0.15, -0.1) is 0 Å². The first-order valence-corrected chi connectivity index (χ1v) is 5.31. The molecule has 0 radical (unpaired) electrons. The van der Waals surface area contributed by atoms with E-state index in [1.54, 1.807) is 30.3 Å². The average Bonchev–Trinajstić information content (AvgIpc) is 2.32. The number of hydrogen-bond donors (Lipinski definition) is 2. The van der Waals surface area contributed by atoms with Crippen molar-refractivity contribution in [3.8, 4) is 0 Å². The molecule has 86 valence electrons. The maximum atomic E-state index is 11.9. The highest BCUT2D eigenvalue weighted by atomic mass is 35.5. The van der Waals surface area contributed by atoms with E-state index in [4.69, 9.17) is 17.3 Å². The van der Waals surface area contributed by atoms with Crippen molar-refractivity contribution in [2.45, 2.75) is 0 Å². The van der Waals surface area contributed by atoms with Gasteiger partial charge in [0, 0.05) is 18.1 Å². The van der Waals surface area contributed by atoms with Crippen LogP contribution in [0.3, 0.4) is 0 Å². The first kappa shape index (κ1) is 11.4. The molecule has 0 aliphatic carbocycles. The number of para-hydroxylation sites is 1. The van der Waals surface area contributed by atoms with Gasteiger partial charge < -0.3 is 11.1 Å². The molecule has 0 spiro atoms. The Hall–Kier alpha value is -2.07. The highest BCUT2D eigenvalue weighted by Gasteiger charge is 2.10. The molecule has 4 nitrogen and oxygen atoms in total. The number of nitrogens with one attached hydrogen (secondary N) is 1. The van der Waals surface area contributed by atoms with Gasteiger partial charge in [0.25, 0.3) is 5.91 Å². The number of hydrogen-bond acceptors (Lipinski definition) is 3. The number of carbonyl (C=O) groups is 1. The summed E-state index contributed by atoms with van der Waals surface area (Å²) >= 11 is 5.93. The molecule has 0 atom stereocenters. The number of anilines is 2. The molecule has 0 aliphatic rings. The van der Waals surface area contributed by atoms with Crippen molar-refractivity contribution < 1.29 is 4.79 Å². The van der Waals surface area contributed by atoms with Crippen molar-refractivity contribution in [3.05, 3.63) is 53.3 Å². The number of rotatable bonds is 2. The van der Waals surface area contributed by atoms with Gasteiger partial charge in [-0.1, -0.05) is 23.7 Å². The molecule has 0 saturated heterocycles. The summed E-state index contributed by atoms with van der Waals surface area (Å²) in [6.45, 7) is 0. The van der Waals surface area contributed by atoms with E-state index >= 15 is 0 Å². The Bertz CT molecular complexity index is 557. The molecule has 1 amide bonds. The topological polar surface area (TPSA) is 68.0 Å². The molecule has 0 unspecified atom stereocenters. The Morgan fingerprint density at radius 3 is 2.76 bits per heavy atom. The van der Waals surface area contributed by atoms with Gasteiger partial charge in [0.2, 0.25) is 0 Å². The molecule has 1 aromatic heterocycles. The third kappa shape index (κ3) is 2.54. The lowest BCUT2D eigenvalue weighted by Crippen LogP contribution is -2.14. The second kappa shape index (κ2) is 4.84. The van der Waals surface area contributed by atoms with Crippen molar-refractivity contribution in [2.75, 3.05) is 11.1 Å². The number of nitrogens with two attached hydrogens (primary N) is 1. The Labute approximate surface area is 103 Å². The number of carbonyl (C=O) groups excluding carboxylic acids is 1. The van der Waals surface area contributed by atoms with Crippen molar-refractivity contribution in [3.63, 3.8) is 0 Å². The van der Waals surface area contributed by atoms with E-state index in [2.05, 4.69) is 10.3 Å². The van der Waals surface area contributed by atoms with E-state index in [1.807, 2.05) is 0 Å². The zero-order chi connectivity index (χ0) is 12.3. The Kier molecular flexibility index (Phi) is 3.25. The van der Waals surface area contributed by atoms with E-state index in [9.17, 15) is 4.79 Å². The third-order valence-corrected chi connectivity index (χ3v) is 2.55. The Morgan fingerprint density at radius 1 is 1.29 bits per heavy atom. The molecule has 0 aliphatic heterocycles. The van der Waals surface area contributed by atoms with E-state index in [0.717, 1.165) is 0 Å². The smallest absolute Gasteiger partial charge is 0.259 e. The fourth-order valence-electron chi connectivity index (χ4n) is 1.35. The van der Waals surface area contributed by atoms with Gasteiger partial charge in [-0.2, -0.15) is 0 Å². The van der Waals surface area contributed by atoms with Gasteiger partial charge in [0.05, 0.1) is 16.3 Å². The molecule has 0 saturated carbocycles. The second-order valence-electron chi connectivity index (χ2n) is 3.40. The average molecular weight is 248 g/mol. The van der Waals surface area contributed by atoms with Crippen molar-refractivity contribution in [2.24, 2.45) is 0 Å². The highest BCUT2D eigenvalue weighted by Crippen LogP contribution is 2.21. The lowest BCUT2D eigenvalue weighted by molar-refractivity contribution is 0.102. The minimum atomic E-state index is -0.330. The van der Waals surface area contributed by atoms with E-state index in [0.29, 0.717) is 22.0 Å². The molecular weight excluding hydrogens is 238 g/mol. The molecule has 1 heterocycles. The van der Waals surface area contributed by atoms with Crippen LogP contribution in [-0.2, 0) is 0 Å². The van der Waals surface area contributed by atoms with Gasteiger partial charge in [0.1, 0.15) is 0 Å². The van der Waals surface area contributed by atoms with Crippen LogP contribution >= 0.6 is 11.6 Å². The number of benzene rings is 1. The Balaban J connectivity index is 2.24. The normalized spacial score (nSPS) is 9.94. The summed E-state index contributed by atoms with van der Waals surface area (Å²) in [5, 5.41) is 3.15. The van der Waals surface area contributed by atoms with Crippen molar-refractivity contribution in [1.82, 2.24) is 4.98 Å². The molecule has 1 aromatic carbocycles. The summed E-state index contributed by atoms with van der Waals surface area (Å²) in [5.74, 6) is -0.330. The lowest BCUT2D eigenvalue weighted by Gasteiger charge is -2.07. The zero-order valence-electron chi connectivity index (χ0n) is 8.85. The molecule has 0 bridgehead atoms. The van der Waals surface area contributed by atoms with Crippen LogP contribution in [0.15, 0.2) is 42.7 Å². The standard InChI is InChI=1S/C12H10ClN3O/c13-9-3-1-2-4-11(9)16-12(17)8-7-15-6-5-10(8)14/h1-7H,(H2,14,15)(H,16,17). The Morgan fingerprint density at radius 2 is 2.06 bits per heavy atom. The molecular formula is C12H10ClN3O. The highest BCUT2D eigenvalue weighted by molar-refractivity contribution is 6.34. The lowest BCUT2D eigenvalue weighted by atomic mass is 10.2. The SMILES string of the molecule is Nc1ccncc1C(=O)Nc1ccccc1Cl. The minimum Gasteiger partial charge on any atom is -0.398 e. The van der Waals surface area contributed by atoms with Gasteiger partial charge in [-0.3, -0.25) is 9.78 Å². The van der Waals surface area contributed by atoms with Crippen LogP contribution in [0.5, 0.6) is 0 Å². The third-order valence-electron chi connectivity index (χ3n) is 2.22. The maximum Gasteiger partial charge on any atom is 0.259 e. The van der Waals surface area contributed by atoms with Crippen molar-refractivity contribution >= 4 is 28.9 Å². The van der Waals surface area contributed by atoms with Gasteiger partial charge in [0.15, 0.2) is 0 Å². The molecule has 2 aromatic rings. The number of nitrogen functional groups attached to an aromatic ring is 1.